The van der Waals surface area contributed by atoms with Crippen molar-refractivity contribution < 1.29 is 9.53 Å². The van der Waals surface area contributed by atoms with Gasteiger partial charge in [0.2, 0.25) is 17.7 Å². The maximum atomic E-state index is 11.4. The number of carbonyl (C=O) groups excluding carboxylic acids is 1. The van der Waals surface area contributed by atoms with Gasteiger partial charge in [0, 0.05) is 32.8 Å². The van der Waals surface area contributed by atoms with E-state index < -0.39 is 0 Å². The molecule has 29 heavy (non-hydrogen) atoms. The molecule has 1 saturated heterocycles. The Kier molecular flexibility index (Phi) is 5.29. The first-order valence-corrected chi connectivity index (χ1v) is 9.65. The maximum absolute atomic E-state index is 11.4. The van der Waals surface area contributed by atoms with E-state index in [1.54, 1.807) is 19.2 Å². The Morgan fingerprint density at radius 2 is 2.14 bits per heavy atom. The van der Waals surface area contributed by atoms with Crippen LogP contribution in [-0.2, 0) is 4.79 Å². The van der Waals surface area contributed by atoms with E-state index in [2.05, 4.69) is 26.7 Å². The largest absolute Gasteiger partial charge is 0.437 e. The zero-order chi connectivity index (χ0) is 20.2. The normalized spacial score (nSPS) is 17.6. The van der Waals surface area contributed by atoms with E-state index in [4.69, 9.17) is 4.74 Å². The summed E-state index contributed by atoms with van der Waals surface area (Å²) in [5.41, 5.74) is 1.63. The Morgan fingerprint density at radius 1 is 1.34 bits per heavy atom. The standard InChI is InChI=1S/C21H22N6O2/c1-14(28)27-10-7-15(8-11-27)13-24-21-23-9-6-17(26-21)16(12-22)20-25-18-4-2-3-5-19(18)29-20/h2-6,9,15,25H,7-8,10-11,13H2,1H3,(H,23,24,26)/b20-16+. The summed E-state index contributed by atoms with van der Waals surface area (Å²) >= 11 is 0. The number of hydrogen-bond donors (Lipinski definition) is 2. The first kappa shape index (κ1) is 18.7. The molecule has 1 amide bonds. The lowest BCUT2D eigenvalue weighted by Gasteiger charge is -2.31. The minimum atomic E-state index is 0.134. The monoisotopic (exact) mass is 390 g/mol. The number of nitrogens with zero attached hydrogens (tertiary/aromatic N) is 4. The van der Waals surface area contributed by atoms with Gasteiger partial charge in [-0.3, -0.25) is 4.79 Å². The Bertz CT molecular complexity index is 962. The van der Waals surface area contributed by atoms with Gasteiger partial charge in [0.25, 0.3) is 0 Å². The minimum absolute atomic E-state index is 0.134. The summed E-state index contributed by atoms with van der Waals surface area (Å²) in [5, 5.41) is 16.1. The van der Waals surface area contributed by atoms with Gasteiger partial charge in [0.15, 0.2) is 5.75 Å². The number of aromatic nitrogens is 2. The SMILES string of the molecule is CC(=O)N1CCC(CNc2nccc(/C(C#N)=C3\Nc4ccccc4O3)n2)CC1. The fourth-order valence-electron chi connectivity index (χ4n) is 3.53. The van der Waals surface area contributed by atoms with Gasteiger partial charge in [0.1, 0.15) is 11.6 Å². The molecule has 0 radical (unpaired) electrons. The molecule has 1 aromatic carbocycles. The van der Waals surface area contributed by atoms with Gasteiger partial charge in [-0.05, 0) is 37.0 Å². The van der Waals surface area contributed by atoms with Crippen molar-refractivity contribution in [3.05, 3.63) is 48.1 Å². The first-order chi connectivity index (χ1) is 14.1. The van der Waals surface area contributed by atoms with Crippen LogP contribution in [0.2, 0.25) is 0 Å². The number of ether oxygens (including phenoxy) is 1. The Balaban J connectivity index is 1.43. The number of nitrogens with one attached hydrogen (secondary N) is 2. The average Bonchev–Trinajstić information content (AvgIpc) is 3.17. The number of piperidine rings is 1. The van der Waals surface area contributed by atoms with Crippen LogP contribution in [0.15, 0.2) is 42.4 Å². The molecule has 2 aliphatic rings. The summed E-state index contributed by atoms with van der Waals surface area (Å²) in [6.07, 6.45) is 3.54. The van der Waals surface area contributed by atoms with Gasteiger partial charge in [0.05, 0.1) is 11.4 Å². The number of nitriles is 1. The molecule has 148 valence electrons. The van der Waals surface area contributed by atoms with E-state index in [1.807, 2.05) is 29.2 Å². The third-order valence-electron chi connectivity index (χ3n) is 5.21. The molecular formula is C21H22N6O2. The highest BCUT2D eigenvalue weighted by atomic mass is 16.5. The summed E-state index contributed by atoms with van der Waals surface area (Å²) < 4.78 is 5.77. The quantitative estimate of drug-likeness (QED) is 0.774. The molecule has 0 atom stereocenters. The van der Waals surface area contributed by atoms with Gasteiger partial charge >= 0.3 is 0 Å². The number of likely N-dealkylation sites (tertiary alicyclic amines) is 1. The molecule has 4 rings (SSSR count). The van der Waals surface area contributed by atoms with Crippen LogP contribution in [0, 0.1) is 17.2 Å². The molecule has 2 aromatic rings. The molecule has 0 aliphatic carbocycles. The van der Waals surface area contributed by atoms with Crippen molar-refractivity contribution in [2.75, 3.05) is 30.3 Å². The summed E-state index contributed by atoms with van der Waals surface area (Å²) in [7, 11) is 0. The highest BCUT2D eigenvalue weighted by Crippen LogP contribution is 2.35. The molecule has 8 nitrogen and oxygen atoms in total. The molecule has 2 aliphatic heterocycles. The van der Waals surface area contributed by atoms with E-state index in [0.29, 0.717) is 34.8 Å². The molecule has 1 aromatic heterocycles. The highest BCUT2D eigenvalue weighted by Gasteiger charge is 2.23. The van der Waals surface area contributed by atoms with Crippen LogP contribution in [-0.4, -0.2) is 40.4 Å². The predicted octanol–water partition coefficient (Wildman–Crippen LogP) is 2.84. The predicted molar refractivity (Wildman–Crippen MR) is 109 cm³/mol. The summed E-state index contributed by atoms with van der Waals surface area (Å²) in [5.74, 6) is 2.12. The fraction of sp³-hybridized carbons (Fsp3) is 0.333. The number of carbonyl (C=O) groups is 1. The van der Waals surface area contributed by atoms with Gasteiger partial charge in [-0.15, -0.1) is 0 Å². The van der Waals surface area contributed by atoms with E-state index >= 15 is 0 Å². The average molecular weight is 390 g/mol. The Labute approximate surface area is 169 Å². The van der Waals surface area contributed by atoms with Crippen molar-refractivity contribution in [1.82, 2.24) is 14.9 Å². The van der Waals surface area contributed by atoms with E-state index in [0.717, 1.165) is 38.2 Å². The lowest BCUT2D eigenvalue weighted by molar-refractivity contribution is -0.130. The van der Waals surface area contributed by atoms with Crippen molar-refractivity contribution in [1.29, 1.82) is 5.26 Å². The van der Waals surface area contributed by atoms with Crippen LogP contribution in [0.1, 0.15) is 25.5 Å². The number of allylic oxidation sites excluding steroid dienone is 1. The number of para-hydroxylation sites is 2. The molecule has 0 saturated carbocycles. The number of amides is 1. The van der Waals surface area contributed by atoms with Crippen LogP contribution in [0.3, 0.4) is 0 Å². The zero-order valence-electron chi connectivity index (χ0n) is 16.2. The van der Waals surface area contributed by atoms with Crippen molar-refractivity contribution in [3.8, 4) is 11.8 Å². The maximum Gasteiger partial charge on any atom is 0.223 e. The molecule has 8 heteroatoms. The molecule has 2 N–H and O–H groups in total. The van der Waals surface area contributed by atoms with Crippen LogP contribution < -0.4 is 15.4 Å². The van der Waals surface area contributed by atoms with Crippen LogP contribution in [0.5, 0.6) is 5.75 Å². The second-order valence-electron chi connectivity index (χ2n) is 7.13. The molecule has 0 unspecified atom stereocenters. The molecule has 3 heterocycles. The Hall–Kier alpha value is -3.60. The summed E-state index contributed by atoms with van der Waals surface area (Å²) in [4.78, 5) is 22.1. The van der Waals surface area contributed by atoms with Crippen molar-refractivity contribution in [3.63, 3.8) is 0 Å². The van der Waals surface area contributed by atoms with E-state index in [1.165, 1.54) is 0 Å². The zero-order valence-corrected chi connectivity index (χ0v) is 16.2. The number of hydrogen-bond acceptors (Lipinski definition) is 7. The first-order valence-electron chi connectivity index (χ1n) is 9.65. The molecular weight excluding hydrogens is 368 g/mol. The second-order valence-corrected chi connectivity index (χ2v) is 7.13. The van der Waals surface area contributed by atoms with Crippen LogP contribution in [0.25, 0.3) is 5.57 Å². The minimum Gasteiger partial charge on any atom is -0.437 e. The van der Waals surface area contributed by atoms with Crippen molar-refractivity contribution in [2.45, 2.75) is 19.8 Å². The second kappa shape index (κ2) is 8.19. The summed E-state index contributed by atoms with van der Waals surface area (Å²) in [6, 6.07) is 11.4. The lowest BCUT2D eigenvalue weighted by Crippen LogP contribution is -2.38. The topological polar surface area (TPSA) is 103 Å². The number of fused-ring (bicyclic) bond motifs is 1. The Morgan fingerprint density at radius 3 is 2.86 bits per heavy atom. The number of benzene rings is 1. The fourth-order valence-corrected chi connectivity index (χ4v) is 3.53. The van der Waals surface area contributed by atoms with Crippen LogP contribution >= 0.6 is 0 Å². The third kappa shape index (κ3) is 4.14. The van der Waals surface area contributed by atoms with Gasteiger partial charge < -0.3 is 20.3 Å². The molecule has 0 bridgehead atoms. The van der Waals surface area contributed by atoms with E-state index in [-0.39, 0.29) is 5.91 Å². The van der Waals surface area contributed by atoms with E-state index in [9.17, 15) is 10.1 Å². The number of anilines is 2. The lowest BCUT2D eigenvalue weighted by atomic mass is 9.97. The number of rotatable bonds is 4. The summed E-state index contributed by atoms with van der Waals surface area (Å²) in [6.45, 7) is 3.92. The highest BCUT2D eigenvalue weighted by molar-refractivity contribution is 5.81. The van der Waals surface area contributed by atoms with Crippen molar-refractivity contribution >= 4 is 23.1 Å². The van der Waals surface area contributed by atoms with Gasteiger partial charge in [-0.2, -0.15) is 5.26 Å². The van der Waals surface area contributed by atoms with Gasteiger partial charge in [-0.25, -0.2) is 9.97 Å². The van der Waals surface area contributed by atoms with Crippen molar-refractivity contribution in [2.24, 2.45) is 5.92 Å². The third-order valence-corrected chi connectivity index (χ3v) is 5.21. The molecule has 1 fully saturated rings. The smallest absolute Gasteiger partial charge is 0.223 e. The van der Waals surface area contributed by atoms with Gasteiger partial charge in [-0.1, -0.05) is 12.1 Å². The van der Waals surface area contributed by atoms with Crippen LogP contribution in [0.4, 0.5) is 11.6 Å². The molecule has 0 spiro atoms.